The number of amides is 2. The van der Waals surface area contributed by atoms with E-state index in [2.05, 4.69) is 15.2 Å². The molecule has 2 aliphatic carbocycles. The Hall–Kier alpha value is -1.82. The van der Waals surface area contributed by atoms with Crippen LogP contribution in [0.5, 0.6) is 5.88 Å². The molecule has 0 spiro atoms. The van der Waals surface area contributed by atoms with Crippen molar-refractivity contribution in [3.8, 4) is 5.88 Å². The Bertz CT molecular complexity index is 561. The van der Waals surface area contributed by atoms with Crippen molar-refractivity contribution in [2.24, 2.45) is 5.92 Å². The number of rotatable bonds is 6. The molecule has 1 aromatic heterocycles. The molecular formula is C18H26N4O2. The number of piperazine rings is 1. The largest absolute Gasteiger partial charge is 0.477 e. The van der Waals surface area contributed by atoms with E-state index in [4.69, 9.17) is 4.74 Å². The van der Waals surface area contributed by atoms with E-state index in [1.54, 1.807) is 6.20 Å². The maximum atomic E-state index is 12.3. The molecular weight excluding hydrogens is 304 g/mol. The second kappa shape index (κ2) is 6.97. The summed E-state index contributed by atoms with van der Waals surface area (Å²) in [5, 5.41) is 3.00. The summed E-state index contributed by atoms with van der Waals surface area (Å²) < 4.78 is 5.63. The lowest BCUT2D eigenvalue weighted by molar-refractivity contribution is 0.134. The molecule has 1 N–H and O–H groups in total. The second-order valence-electron chi connectivity index (χ2n) is 7.17. The Kier molecular flexibility index (Phi) is 4.56. The average Bonchev–Trinajstić information content (AvgIpc) is 3.52. The first-order chi connectivity index (χ1) is 11.8. The van der Waals surface area contributed by atoms with E-state index in [9.17, 15) is 4.79 Å². The summed E-state index contributed by atoms with van der Waals surface area (Å²) in [7, 11) is 0. The van der Waals surface area contributed by atoms with Crippen molar-refractivity contribution < 1.29 is 9.53 Å². The van der Waals surface area contributed by atoms with Crippen molar-refractivity contribution in [1.29, 1.82) is 0 Å². The van der Waals surface area contributed by atoms with E-state index in [-0.39, 0.29) is 6.03 Å². The maximum absolute atomic E-state index is 12.3. The number of nitrogens with zero attached hydrogens (tertiary/aromatic N) is 3. The molecule has 0 radical (unpaired) electrons. The highest BCUT2D eigenvalue weighted by Crippen LogP contribution is 2.29. The van der Waals surface area contributed by atoms with Crippen LogP contribution in [0, 0.1) is 5.92 Å². The fourth-order valence-corrected chi connectivity index (χ4v) is 3.11. The third kappa shape index (κ3) is 4.17. The third-order valence-corrected chi connectivity index (χ3v) is 5.07. The third-order valence-electron chi connectivity index (χ3n) is 5.07. The van der Waals surface area contributed by atoms with Gasteiger partial charge < -0.3 is 15.0 Å². The van der Waals surface area contributed by atoms with Gasteiger partial charge in [-0.3, -0.25) is 4.90 Å². The number of ether oxygens (including phenoxy) is 1. The maximum Gasteiger partial charge on any atom is 0.317 e. The second-order valence-corrected chi connectivity index (χ2v) is 7.17. The summed E-state index contributed by atoms with van der Waals surface area (Å²) in [6, 6.07) is 4.68. The number of pyridine rings is 1. The number of hydrogen-bond donors (Lipinski definition) is 1. The summed E-state index contributed by atoms with van der Waals surface area (Å²) >= 11 is 0. The number of aromatic nitrogens is 1. The van der Waals surface area contributed by atoms with Gasteiger partial charge in [-0.05, 0) is 37.2 Å². The molecule has 0 aromatic carbocycles. The Morgan fingerprint density at radius 2 is 1.96 bits per heavy atom. The highest BCUT2D eigenvalue weighted by molar-refractivity contribution is 5.74. The van der Waals surface area contributed by atoms with E-state index in [1.807, 2.05) is 17.0 Å². The van der Waals surface area contributed by atoms with Crippen molar-refractivity contribution in [3.05, 3.63) is 23.9 Å². The molecule has 3 aliphatic rings. The molecule has 1 aliphatic heterocycles. The molecule has 2 amide bonds. The zero-order valence-corrected chi connectivity index (χ0v) is 14.1. The molecule has 1 saturated heterocycles. The van der Waals surface area contributed by atoms with Gasteiger partial charge in [0, 0.05) is 51.0 Å². The predicted octanol–water partition coefficient (Wildman–Crippen LogP) is 1.86. The minimum Gasteiger partial charge on any atom is -0.477 e. The molecule has 0 atom stereocenters. The number of nitrogens with one attached hydrogen (secondary N) is 1. The predicted molar refractivity (Wildman–Crippen MR) is 90.9 cm³/mol. The van der Waals surface area contributed by atoms with Gasteiger partial charge in [-0.15, -0.1) is 0 Å². The van der Waals surface area contributed by atoms with Gasteiger partial charge in [-0.1, -0.05) is 6.07 Å². The van der Waals surface area contributed by atoms with Crippen LogP contribution in [0.2, 0.25) is 0 Å². The molecule has 4 rings (SSSR count). The summed E-state index contributed by atoms with van der Waals surface area (Å²) in [5.41, 5.74) is 0.999. The van der Waals surface area contributed by atoms with Crippen molar-refractivity contribution >= 4 is 6.03 Å². The quantitative estimate of drug-likeness (QED) is 0.865. The summed E-state index contributed by atoms with van der Waals surface area (Å²) in [5.74, 6) is 1.40. The highest BCUT2D eigenvalue weighted by atomic mass is 16.5. The first kappa shape index (κ1) is 15.7. The van der Waals surface area contributed by atoms with Crippen LogP contribution in [-0.2, 0) is 6.54 Å². The smallest absolute Gasteiger partial charge is 0.317 e. The normalized spacial score (nSPS) is 21.6. The van der Waals surface area contributed by atoms with E-state index in [0.29, 0.717) is 12.4 Å². The minimum atomic E-state index is 0.0273. The van der Waals surface area contributed by atoms with Gasteiger partial charge in [0.25, 0.3) is 0 Å². The fraction of sp³-hybridized carbons (Fsp3) is 0.667. The van der Waals surface area contributed by atoms with E-state index in [1.165, 1.54) is 25.7 Å². The van der Waals surface area contributed by atoms with Crippen molar-refractivity contribution in [3.63, 3.8) is 0 Å². The Labute approximate surface area is 143 Å². The van der Waals surface area contributed by atoms with E-state index in [0.717, 1.165) is 50.3 Å². The number of urea groups is 1. The molecule has 0 unspecified atom stereocenters. The van der Waals surface area contributed by atoms with E-state index < -0.39 is 0 Å². The van der Waals surface area contributed by atoms with Gasteiger partial charge in [0.15, 0.2) is 0 Å². The lowest BCUT2D eigenvalue weighted by Gasteiger charge is -2.34. The number of hydrogen-bond acceptors (Lipinski definition) is 4. The van der Waals surface area contributed by atoms with Gasteiger partial charge in [0.2, 0.25) is 5.88 Å². The van der Waals surface area contributed by atoms with Gasteiger partial charge in [0.05, 0.1) is 6.61 Å². The highest BCUT2D eigenvalue weighted by Gasteiger charge is 2.32. The van der Waals surface area contributed by atoms with Crippen molar-refractivity contribution in [2.75, 3.05) is 32.8 Å². The molecule has 2 heterocycles. The average molecular weight is 330 g/mol. The molecule has 6 nitrogen and oxygen atoms in total. The minimum absolute atomic E-state index is 0.0273. The molecule has 130 valence electrons. The van der Waals surface area contributed by atoms with Gasteiger partial charge in [-0.25, -0.2) is 9.78 Å². The molecule has 0 bridgehead atoms. The van der Waals surface area contributed by atoms with Crippen LogP contribution in [0.25, 0.3) is 0 Å². The van der Waals surface area contributed by atoms with Crippen LogP contribution in [-0.4, -0.2) is 59.6 Å². The molecule has 2 saturated carbocycles. The Morgan fingerprint density at radius 1 is 1.17 bits per heavy atom. The lowest BCUT2D eigenvalue weighted by atomic mass is 10.3. The Balaban J connectivity index is 1.18. The van der Waals surface area contributed by atoms with Crippen molar-refractivity contribution in [1.82, 2.24) is 20.1 Å². The van der Waals surface area contributed by atoms with Crippen molar-refractivity contribution in [2.45, 2.75) is 38.3 Å². The van der Waals surface area contributed by atoms with Crippen LogP contribution in [0.15, 0.2) is 18.3 Å². The van der Waals surface area contributed by atoms with Crippen LogP contribution >= 0.6 is 0 Å². The molecule has 3 fully saturated rings. The van der Waals surface area contributed by atoms with Gasteiger partial charge in [0.1, 0.15) is 0 Å². The monoisotopic (exact) mass is 330 g/mol. The summed E-state index contributed by atoms with van der Waals surface area (Å²) in [4.78, 5) is 21.0. The van der Waals surface area contributed by atoms with Gasteiger partial charge in [-0.2, -0.15) is 0 Å². The van der Waals surface area contributed by atoms with Crippen LogP contribution in [0.1, 0.15) is 31.2 Å². The SMILES string of the molecule is O=C(NCc1ccc(OCC2CC2)nc1)N1CCN(C2CC2)CC1. The zero-order valence-electron chi connectivity index (χ0n) is 14.1. The first-order valence-electron chi connectivity index (χ1n) is 9.12. The van der Waals surface area contributed by atoms with Crippen LogP contribution in [0.4, 0.5) is 4.79 Å². The number of carbonyl (C=O) groups excluding carboxylic acids is 1. The molecule has 6 heteroatoms. The molecule has 24 heavy (non-hydrogen) atoms. The Morgan fingerprint density at radius 3 is 2.58 bits per heavy atom. The first-order valence-corrected chi connectivity index (χ1v) is 9.12. The fourth-order valence-electron chi connectivity index (χ4n) is 3.11. The summed E-state index contributed by atoms with van der Waals surface area (Å²) in [6.45, 7) is 4.95. The zero-order chi connectivity index (χ0) is 16.4. The standard InChI is InChI=1S/C18H26N4O2/c23-18(22-9-7-21(8-10-22)16-4-5-16)20-12-15-3-6-17(19-11-15)24-13-14-1-2-14/h3,6,11,14,16H,1-2,4-5,7-10,12-13H2,(H,20,23). The van der Waals surface area contributed by atoms with Crippen LogP contribution < -0.4 is 10.1 Å². The molecule has 1 aromatic rings. The summed E-state index contributed by atoms with van der Waals surface area (Å²) in [6.07, 6.45) is 7.00. The lowest BCUT2D eigenvalue weighted by Crippen LogP contribution is -2.52. The van der Waals surface area contributed by atoms with Gasteiger partial charge >= 0.3 is 6.03 Å². The van der Waals surface area contributed by atoms with E-state index >= 15 is 0 Å². The number of carbonyl (C=O) groups is 1. The topological polar surface area (TPSA) is 57.7 Å². The van der Waals surface area contributed by atoms with Crippen LogP contribution in [0.3, 0.4) is 0 Å².